The molecule has 5 nitrogen and oxygen atoms in total. The Bertz CT molecular complexity index is 768. The Hall–Kier alpha value is -2.17. The number of carbonyl (C=O) groups is 1. The van der Waals surface area contributed by atoms with Crippen molar-refractivity contribution in [3.63, 3.8) is 0 Å². The van der Waals surface area contributed by atoms with E-state index in [1.165, 1.54) is 11.1 Å². The molecule has 1 aromatic heterocycles. The summed E-state index contributed by atoms with van der Waals surface area (Å²) in [5.74, 6) is 2.15. The standard InChI is InChI=1S/C20H25N3O2/c1-13(2)19-21-18(22-25-19)15-7-5-11-23(12-15)20(24)17-10-9-14-6-3-4-8-16(14)17/h3-4,6,8,13,15,17H,5,7,9-12H2,1-2H3/t15-,17+/m1/s1. The first-order valence-electron chi connectivity index (χ1n) is 9.33. The summed E-state index contributed by atoms with van der Waals surface area (Å²) in [5.41, 5.74) is 2.55. The fourth-order valence-electron chi connectivity index (χ4n) is 4.07. The number of piperidine rings is 1. The number of hydrogen-bond donors (Lipinski definition) is 0. The van der Waals surface area contributed by atoms with Gasteiger partial charge in [-0.15, -0.1) is 0 Å². The fourth-order valence-corrected chi connectivity index (χ4v) is 4.07. The summed E-state index contributed by atoms with van der Waals surface area (Å²) in [6, 6.07) is 8.36. The van der Waals surface area contributed by atoms with Gasteiger partial charge < -0.3 is 9.42 Å². The van der Waals surface area contributed by atoms with Gasteiger partial charge in [-0.25, -0.2) is 0 Å². The van der Waals surface area contributed by atoms with Gasteiger partial charge in [-0.3, -0.25) is 4.79 Å². The number of nitrogens with zero attached hydrogens (tertiary/aromatic N) is 3. The van der Waals surface area contributed by atoms with Crippen LogP contribution in [0.2, 0.25) is 0 Å². The summed E-state index contributed by atoms with van der Waals surface area (Å²) in [6.07, 6.45) is 3.95. The molecule has 1 amide bonds. The minimum atomic E-state index is 0.0199. The molecular weight excluding hydrogens is 314 g/mol. The van der Waals surface area contributed by atoms with Gasteiger partial charge >= 0.3 is 0 Å². The molecule has 1 aliphatic heterocycles. The third-order valence-corrected chi connectivity index (χ3v) is 5.48. The molecule has 1 aliphatic carbocycles. The number of amides is 1. The van der Waals surface area contributed by atoms with Crippen LogP contribution in [0.5, 0.6) is 0 Å². The number of hydrogen-bond acceptors (Lipinski definition) is 4. The number of rotatable bonds is 3. The zero-order valence-electron chi connectivity index (χ0n) is 14.9. The topological polar surface area (TPSA) is 59.2 Å². The molecule has 2 heterocycles. The van der Waals surface area contributed by atoms with Gasteiger partial charge in [0, 0.05) is 24.9 Å². The summed E-state index contributed by atoms with van der Waals surface area (Å²) in [4.78, 5) is 19.7. The van der Waals surface area contributed by atoms with Crippen molar-refractivity contribution in [1.29, 1.82) is 0 Å². The number of aryl methyl sites for hydroxylation is 1. The Morgan fingerprint density at radius 1 is 1.28 bits per heavy atom. The largest absolute Gasteiger partial charge is 0.341 e. The Kier molecular flexibility index (Phi) is 4.32. The van der Waals surface area contributed by atoms with Crippen molar-refractivity contribution in [3.05, 3.63) is 47.1 Å². The summed E-state index contributed by atoms with van der Waals surface area (Å²) in [5, 5.41) is 4.16. The van der Waals surface area contributed by atoms with E-state index in [1.807, 2.05) is 24.8 Å². The predicted molar refractivity (Wildman–Crippen MR) is 94.4 cm³/mol. The SMILES string of the molecule is CC(C)c1nc([C@@H]2CCCN(C(=O)[C@H]3CCc4ccccc43)C2)no1. The highest BCUT2D eigenvalue weighted by Crippen LogP contribution is 2.36. The lowest BCUT2D eigenvalue weighted by molar-refractivity contribution is -0.134. The first kappa shape index (κ1) is 16.3. The average Bonchev–Trinajstić information content (AvgIpc) is 3.28. The lowest BCUT2D eigenvalue weighted by Crippen LogP contribution is -2.41. The van der Waals surface area contributed by atoms with Crippen LogP contribution in [0.4, 0.5) is 0 Å². The van der Waals surface area contributed by atoms with Crippen molar-refractivity contribution < 1.29 is 9.32 Å². The summed E-state index contributed by atoms with van der Waals surface area (Å²) < 4.78 is 5.36. The molecule has 2 aliphatic rings. The van der Waals surface area contributed by atoms with Gasteiger partial charge in [-0.2, -0.15) is 4.98 Å². The van der Waals surface area contributed by atoms with Crippen LogP contribution in [-0.4, -0.2) is 34.0 Å². The minimum absolute atomic E-state index is 0.0199. The molecule has 1 fully saturated rings. The fraction of sp³-hybridized carbons (Fsp3) is 0.550. The lowest BCUT2D eigenvalue weighted by atomic mass is 9.94. The highest BCUT2D eigenvalue weighted by atomic mass is 16.5. The molecule has 2 atom stereocenters. The summed E-state index contributed by atoms with van der Waals surface area (Å²) in [6.45, 7) is 5.63. The van der Waals surface area contributed by atoms with Crippen LogP contribution < -0.4 is 0 Å². The first-order valence-corrected chi connectivity index (χ1v) is 9.33. The molecule has 0 unspecified atom stereocenters. The Morgan fingerprint density at radius 2 is 2.12 bits per heavy atom. The maximum Gasteiger partial charge on any atom is 0.230 e. The van der Waals surface area contributed by atoms with Crippen LogP contribution in [0.15, 0.2) is 28.8 Å². The molecule has 0 saturated carbocycles. The van der Waals surface area contributed by atoms with E-state index in [-0.39, 0.29) is 23.7 Å². The number of aromatic nitrogens is 2. The van der Waals surface area contributed by atoms with Crippen LogP contribution in [0.25, 0.3) is 0 Å². The van der Waals surface area contributed by atoms with Crippen molar-refractivity contribution in [2.45, 2.75) is 57.3 Å². The molecule has 132 valence electrons. The first-order chi connectivity index (χ1) is 12.1. The summed E-state index contributed by atoms with van der Waals surface area (Å²) in [7, 11) is 0. The van der Waals surface area contributed by atoms with Gasteiger partial charge in [-0.1, -0.05) is 43.3 Å². The van der Waals surface area contributed by atoms with Gasteiger partial charge in [-0.05, 0) is 36.8 Å². The van der Waals surface area contributed by atoms with E-state index in [1.54, 1.807) is 0 Å². The van der Waals surface area contributed by atoms with E-state index in [0.29, 0.717) is 12.4 Å². The van der Waals surface area contributed by atoms with E-state index in [2.05, 4.69) is 28.3 Å². The third-order valence-electron chi connectivity index (χ3n) is 5.48. The second-order valence-corrected chi connectivity index (χ2v) is 7.56. The number of fused-ring (bicyclic) bond motifs is 1. The second-order valence-electron chi connectivity index (χ2n) is 7.56. The van der Waals surface area contributed by atoms with Crippen LogP contribution in [0.1, 0.15) is 73.7 Å². The van der Waals surface area contributed by atoms with E-state index < -0.39 is 0 Å². The van der Waals surface area contributed by atoms with Crippen molar-refractivity contribution in [2.75, 3.05) is 13.1 Å². The van der Waals surface area contributed by atoms with Crippen molar-refractivity contribution in [1.82, 2.24) is 15.0 Å². The van der Waals surface area contributed by atoms with E-state index >= 15 is 0 Å². The molecule has 0 radical (unpaired) electrons. The smallest absolute Gasteiger partial charge is 0.230 e. The van der Waals surface area contributed by atoms with E-state index in [9.17, 15) is 4.79 Å². The van der Waals surface area contributed by atoms with Crippen LogP contribution in [0, 0.1) is 0 Å². The van der Waals surface area contributed by atoms with Gasteiger partial charge in [0.2, 0.25) is 11.8 Å². The quantitative estimate of drug-likeness (QED) is 0.857. The highest BCUT2D eigenvalue weighted by molar-refractivity contribution is 5.85. The van der Waals surface area contributed by atoms with Crippen molar-refractivity contribution in [3.8, 4) is 0 Å². The zero-order valence-corrected chi connectivity index (χ0v) is 14.9. The average molecular weight is 339 g/mol. The molecule has 5 heteroatoms. The maximum absolute atomic E-state index is 13.1. The summed E-state index contributed by atoms with van der Waals surface area (Å²) >= 11 is 0. The monoisotopic (exact) mass is 339 g/mol. The maximum atomic E-state index is 13.1. The van der Waals surface area contributed by atoms with Gasteiger partial charge in [0.25, 0.3) is 0 Å². The van der Waals surface area contributed by atoms with Gasteiger partial charge in [0.15, 0.2) is 5.82 Å². The van der Waals surface area contributed by atoms with Crippen LogP contribution in [0.3, 0.4) is 0 Å². The number of benzene rings is 1. The van der Waals surface area contributed by atoms with Crippen molar-refractivity contribution in [2.24, 2.45) is 0 Å². The lowest BCUT2D eigenvalue weighted by Gasteiger charge is -2.33. The Morgan fingerprint density at radius 3 is 2.92 bits per heavy atom. The molecule has 1 saturated heterocycles. The Balaban J connectivity index is 1.48. The number of carbonyl (C=O) groups excluding carboxylic acids is 1. The molecule has 2 aromatic rings. The highest BCUT2D eigenvalue weighted by Gasteiger charge is 2.35. The molecule has 1 aromatic carbocycles. The van der Waals surface area contributed by atoms with Gasteiger partial charge in [0.05, 0.1) is 5.92 Å². The van der Waals surface area contributed by atoms with Crippen LogP contribution in [-0.2, 0) is 11.2 Å². The van der Waals surface area contributed by atoms with E-state index in [4.69, 9.17) is 4.52 Å². The normalized spacial score (nSPS) is 23.1. The zero-order chi connectivity index (χ0) is 17.4. The predicted octanol–water partition coefficient (Wildman–Crippen LogP) is 3.63. The van der Waals surface area contributed by atoms with Crippen molar-refractivity contribution >= 4 is 5.91 Å². The van der Waals surface area contributed by atoms with E-state index in [0.717, 1.165) is 38.1 Å². The molecule has 4 rings (SSSR count). The van der Waals surface area contributed by atoms with Gasteiger partial charge in [0.1, 0.15) is 0 Å². The molecule has 0 spiro atoms. The second kappa shape index (κ2) is 6.62. The molecular formula is C20H25N3O2. The minimum Gasteiger partial charge on any atom is -0.341 e. The third kappa shape index (κ3) is 3.08. The molecule has 0 bridgehead atoms. The molecule has 0 N–H and O–H groups in total. The van der Waals surface area contributed by atoms with Crippen LogP contribution >= 0.6 is 0 Å². The Labute approximate surface area is 148 Å². The molecule has 25 heavy (non-hydrogen) atoms. The number of likely N-dealkylation sites (tertiary alicyclic amines) is 1.